The zero-order valence-electron chi connectivity index (χ0n) is 17.9. The van der Waals surface area contributed by atoms with Gasteiger partial charge in [0.2, 0.25) is 5.91 Å². The third kappa shape index (κ3) is 9.69. The Labute approximate surface area is 194 Å². The lowest BCUT2D eigenvalue weighted by atomic mass is 9.75. The van der Waals surface area contributed by atoms with Crippen molar-refractivity contribution in [3.8, 4) is 5.75 Å². The highest BCUT2D eigenvalue weighted by Gasteiger charge is 2.27. The first-order valence-corrected chi connectivity index (χ1v) is 9.86. The van der Waals surface area contributed by atoms with E-state index in [0.717, 1.165) is 5.56 Å². The Morgan fingerprint density at radius 2 is 1.59 bits per heavy atom. The number of nitrogens with one attached hydrogen (secondary N) is 2. The Balaban J connectivity index is 0.00000182. The van der Waals surface area contributed by atoms with Crippen molar-refractivity contribution < 1.29 is 49.7 Å². The van der Waals surface area contributed by atoms with Crippen molar-refractivity contribution >= 4 is 31.4 Å². The molecule has 13 heteroatoms. The summed E-state index contributed by atoms with van der Waals surface area (Å²) in [7, 11) is -1.93. The molecular weight excluding hydrogens is 451 g/mol. The van der Waals surface area contributed by atoms with Crippen molar-refractivity contribution in [1.82, 2.24) is 10.6 Å². The van der Waals surface area contributed by atoms with E-state index in [4.69, 9.17) is 20.1 Å². The number of hydrogen-bond donors (Lipinski definition) is 8. The van der Waals surface area contributed by atoms with Crippen LogP contribution in [0.2, 0.25) is 0 Å². The molecule has 182 valence electrons. The van der Waals surface area contributed by atoms with Crippen LogP contribution in [0, 0.1) is 0 Å². The van der Waals surface area contributed by atoms with Gasteiger partial charge in [-0.05, 0) is 29.2 Å². The lowest BCUT2D eigenvalue weighted by Gasteiger charge is -2.19. The van der Waals surface area contributed by atoms with Crippen LogP contribution in [0.3, 0.4) is 0 Å². The lowest BCUT2D eigenvalue weighted by molar-refractivity contribution is -0.136. The predicted molar refractivity (Wildman–Crippen MR) is 119 cm³/mol. The lowest BCUT2D eigenvalue weighted by Crippen LogP contribution is -2.48. The molecule has 0 aliphatic carbocycles. The second-order valence-electron chi connectivity index (χ2n) is 7.01. The van der Waals surface area contributed by atoms with Crippen LogP contribution in [0.1, 0.15) is 27.0 Å². The number of phenols is 1. The third-order valence-electron chi connectivity index (χ3n) is 4.49. The van der Waals surface area contributed by atoms with Gasteiger partial charge in [0.05, 0.1) is 18.9 Å². The van der Waals surface area contributed by atoms with Crippen molar-refractivity contribution in [3.63, 3.8) is 0 Å². The molecule has 0 saturated heterocycles. The number of aromatic hydroxyl groups is 1. The quantitative estimate of drug-likeness (QED) is 0.149. The maximum Gasteiger partial charge on any atom is 0.475 e. The molecule has 1 atom stereocenters. The third-order valence-corrected chi connectivity index (χ3v) is 4.49. The van der Waals surface area contributed by atoms with Gasteiger partial charge in [-0.15, -0.1) is 0 Å². The minimum Gasteiger partial charge on any atom is -0.507 e. The van der Waals surface area contributed by atoms with Gasteiger partial charge in [0.25, 0.3) is 6.47 Å². The van der Waals surface area contributed by atoms with E-state index >= 15 is 0 Å². The van der Waals surface area contributed by atoms with Crippen molar-refractivity contribution in [3.05, 3.63) is 64.7 Å². The minimum absolute atomic E-state index is 0.0484. The van der Waals surface area contributed by atoms with Crippen LogP contribution in [0.15, 0.2) is 42.5 Å². The van der Waals surface area contributed by atoms with E-state index in [1.165, 1.54) is 18.2 Å². The summed E-state index contributed by atoms with van der Waals surface area (Å²) in [5.41, 5.74) is 1.31. The average molecular weight is 476 g/mol. The van der Waals surface area contributed by atoms with Crippen LogP contribution >= 0.6 is 0 Å². The van der Waals surface area contributed by atoms with Gasteiger partial charge in [-0.1, -0.05) is 36.4 Å². The SMILES string of the molecule is O=C(O)CNCc1ccc(CC(=O)N[C@@H](Cc2cccc(C(=O)O)c2O)B(O)O)cc1.O=CO. The summed E-state index contributed by atoms with van der Waals surface area (Å²) in [6.45, 7) is -0.0591. The first kappa shape index (κ1) is 28.1. The molecule has 0 unspecified atom stereocenters. The number of carboxylic acid groups (broad SMARTS) is 3. The van der Waals surface area contributed by atoms with Crippen molar-refractivity contribution in [2.45, 2.75) is 25.3 Å². The molecule has 0 saturated carbocycles. The number of para-hydroxylation sites is 1. The van der Waals surface area contributed by atoms with E-state index in [1.807, 2.05) is 0 Å². The summed E-state index contributed by atoms with van der Waals surface area (Å²) < 4.78 is 0. The Kier molecular flexibility index (Phi) is 11.8. The number of aliphatic carboxylic acids is 1. The second kappa shape index (κ2) is 14.3. The summed E-state index contributed by atoms with van der Waals surface area (Å²) in [5, 5.41) is 59.1. The molecule has 0 aliphatic heterocycles. The second-order valence-corrected chi connectivity index (χ2v) is 7.01. The van der Waals surface area contributed by atoms with E-state index < -0.39 is 36.7 Å². The van der Waals surface area contributed by atoms with Gasteiger partial charge in [0, 0.05) is 6.54 Å². The Morgan fingerprint density at radius 3 is 2.12 bits per heavy atom. The number of carboxylic acids is 2. The largest absolute Gasteiger partial charge is 0.507 e. The van der Waals surface area contributed by atoms with Crippen LogP contribution in [0.5, 0.6) is 5.75 Å². The van der Waals surface area contributed by atoms with E-state index in [0.29, 0.717) is 12.1 Å². The smallest absolute Gasteiger partial charge is 0.475 e. The molecule has 34 heavy (non-hydrogen) atoms. The van der Waals surface area contributed by atoms with Gasteiger partial charge in [0.15, 0.2) is 0 Å². The molecule has 0 heterocycles. The van der Waals surface area contributed by atoms with Crippen LogP contribution in [0.4, 0.5) is 0 Å². The van der Waals surface area contributed by atoms with Gasteiger partial charge >= 0.3 is 19.1 Å². The highest BCUT2D eigenvalue weighted by atomic mass is 16.4. The van der Waals surface area contributed by atoms with E-state index in [-0.39, 0.29) is 37.0 Å². The van der Waals surface area contributed by atoms with Gasteiger partial charge in [-0.3, -0.25) is 14.4 Å². The molecule has 2 aromatic carbocycles. The highest BCUT2D eigenvalue weighted by molar-refractivity contribution is 6.43. The highest BCUT2D eigenvalue weighted by Crippen LogP contribution is 2.24. The van der Waals surface area contributed by atoms with Crippen LogP contribution in [-0.4, -0.2) is 74.4 Å². The molecule has 0 radical (unpaired) electrons. The number of aromatic carboxylic acids is 1. The molecule has 0 fully saturated rings. The number of amides is 1. The molecule has 1 amide bonds. The summed E-state index contributed by atoms with van der Waals surface area (Å²) in [5.74, 6) is -4.45. The maximum absolute atomic E-state index is 12.3. The van der Waals surface area contributed by atoms with Crippen molar-refractivity contribution in [2.24, 2.45) is 0 Å². The summed E-state index contributed by atoms with van der Waals surface area (Å²) in [6.07, 6.45) is -0.238. The monoisotopic (exact) mass is 476 g/mol. The Bertz CT molecular complexity index is 982. The molecule has 12 nitrogen and oxygen atoms in total. The fraction of sp³-hybridized carbons (Fsp3) is 0.238. The topological polar surface area (TPSA) is 214 Å². The molecule has 0 bridgehead atoms. The number of carbonyl (C=O) groups excluding carboxylic acids is 1. The van der Waals surface area contributed by atoms with E-state index in [1.54, 1.807) is 24.3 Å². The molecule has 2 rings (SSSR count). The first-order valence-electron chi connectivity index (χ1n) is 9.86. The minimum atomic E-state index is -1.93. The normalized spacial score (nSPS) is 10.9. The van der Waals surface area contributed by atoms with E-state index in [2.05, 4.69) is 10.6 Å². The zero-order chi connectivity index (χ0) is 25.7. The molecule has 0 aliphatic rings. The molecule has 0 aromatic heterocycles. The van der Waals surface area contributed by atoms with Crippen molar-refractivity contribution in [2.75, 3.05) is 6.54 Å². The number of rotatable bonds is 11. The van der Waals surface area contributed by atoms with Gasteiger partial charge in [-0.25, -0.2) is 4.79 Å². The Hall–Kier alpha value is -3.94. The van der Waals surface area contributed by atoms with Gasteiger partial charge in [0.1, 0.15) is 11.3 Å². The maximum atomic E-state index is 12.3. The average Bonchev–Trinajstić information content (AvgIpc) is 2.76. The number of benzene rings is 2. The van der Waals surface area contributed by atoms with Crippen LogP contribution in [0.25, 0.3) is 0 Å². The van der Waals surface area contributed by atoms with Crippen LogP contribution < -0.4 is 10.6 Å². The fourth-order valence-corrected chi connectivity index (χ4v) is 2.93. The predicted octanol–water partition coefficient (Wildman–Crippen LogP) is -0.753. The fourth-order valence-electron chi connectivity index (χ4n) is 2.93. The molecule has 8 N–H and O–H groups in total. The molecule has 0 spiro atoms. The van der Waals surface area contributed by atoms with Gasteiger partial charge < -0.3 is 41.1 Å². The first-order chi connectivity index (χ1) is 16.1. The van der Waals surface area contributed by atoms with Crippen molar-refractivity contribution in [1.29, 1.82) is 0 Å². The molecular formula is C21H25BN2O10. The summed E-state index contributed by atoms with van der Waals surface area (Å²) >= 11 is 0. The van der Waals surface area contributed by atoms with E-state index in [9.17, 15) is 29.5 Å². The number of carbonyl (C=O) groups is 4. The Morgan fingerprint density at radius 1 is 1.00 bits per heavy atom. The summed E-state index contributed by atoms with van der Waals surface area (Å²) in [4.78, 5) is 42.3. The molecule has 2 aromatic rings. The zero-order valence-corrected chi connectivity index (χ0v) is 17.9. The summed E-state index contributed by atoms with van der Waals surface area (Å²) in [6, 6.07) is 10.9. The van der Waals surface area contributed by atoms with Gasteiger partial charge in [-0.2, -0.15) is 0 Å². The number of hydrogen-bond acceptors (Lipinski definition) is 8. The standard InChI is InChI=1S/C20H23BN2O8.CH2O2/c24-17(8-12-4-6-13(7-5-12)10-22-11-18(25)26)23-16(21(30)31)9-14-2-1-3-15(19(14)27)20(28)29;2-1-3/h1-7,16,22,27,30-31H,8-11H2,(H,23,24)(H,25,26)(H,28,29);1H,(H,2,3)/t16-;/m0./s1. The van der Waals surface area contributed by atoms with Crippen LogP contribution in [-0.2, 0) is 33.8 Å².